The summed E-state index contributed by atoms with van der Waals surface area (Å²) in [6.45, 7) is 1.06. The third-order valence-electron chi connectivity index (χ3n) is 4.12. The second-order valence-electron chi connectivity index (χ2n) is 5.75. The molecule has 6 heteroatoms. The lowest BCUT2D eigenvalue weighted by Gasteiger charge is -2.19. The summed E-state index contributed by atoms with van der Waals surface area (Å²) in [5, 5.41) is 4.45. The summed E-state index contributed by atoms with van der Waals surface area (Å²) in [7, 11) is 0. The highest BCUT2D eigenvalue weighted by Crippen LogP contribution is 2.16. The van der Waals surface area contributed by atoms with E-state index in [4.69, 9.17) is 10.6 Å². The Kier molecular flexibility index (Phi) is 5.43. The molecule has 6 nitrogen and oxygen atoms in total. The van der Waals surface area contributed by atoms with Crippen LogP contribution in [-0.2, 0) is 17.6 Å². The van der Waals surface area contributed by atoms with Crippen molar-refractivity contribution in [1.29, 1.82) is 0 Å². The van der Waals surface area contributed by atoms with E-state index in [0.717, 1.165) is 17.7 Å². The number of carbonyl (C=O) groups excluding carboxylic acids is 1. The van der Waals surface area contributed by atoms with E-state index in [1.54, 1.807) is 5.01 Å². The largest absolute Gasteiger partial charge is 0.493 e. The fourth-order valence-corrected chi connectivity index (χ4v) is 2.75. The van der Waals surface area contributed by atoms with E-state index < -0.39 is 0 Å². The van der Waals surface area contributed by atoms with Gasteiger partial charge in [0.1, 0.15) is 11.8 Å². The molecule has 4 N–H and O–H groups in total. The predicted octanol–water partition coefficient (Wildman–Crippen LogP) is 0.987. The minimum absolute atomic E-state index is 0.0175. The zero-order valence-electron chi connectivity index (χ0n) is 13.4. The number of rotatable bonds is 7. The first-order chi connectivity index (χ1) is 11.8. The van der Waals surface area contributed by atoms with Gasteiger partial charge < -0.3 is 10.1 Å². The third kappa shape index (κ3) is 4.11. The molecule has 1 aliphatic heterocycles. The number of nitrogens with two attached hydrogens (primary N) is 1. The van der Waals surface area contributed by atoms with Crippen LogP contribution in [-0.4, -0.2) is 30.2 Å². The topological polar surface area (TPSA) is 79.6 Å². The molecule has 0 aliphatic carbocycles. The Morgan fingerprint density at radius 1 is 1.12 bits per heavy atom. The van der Waals surface area contributed by atoms with E-state index in [1.165, 1.54) is 5.56 Å². The Bertz CT molecular complexity index is 660. The summed E-state index contributed by atoms with van der Waals surface area (Å²) < 4.78 is 5.78. The molecule has 1 amide bonds. The number of hydrazine groups is 2. The lowest BCUT2D eigenvalue weighted by molar-refractivity contribution is -0.121. The molecule has 0 aromatic heterocycles. The number of carbonyl (C=O) groups is 1. The smallest absolute Gasteiger partial charge is 0.240 e. The highest BCUT2D eigenvalue weighted by atomic mass is 16.5. The number of hydrogen-bond acceptors (Lipinski definition) is 5. The van der Waals surface area contributed by atoms with E-state index in [-0.39, 0.29) is 11.9 Å². The Labute approximate surface area is 141 Å². The highest BCUT2D eigenvalue weighted by Gasteiger charge is 2.31. The molecule has 24 heavy (non-hydrogen) atoms. The maximum Gasteiger partial charge on any atom is 0.240 e. The lowest BCUT2D eigenvalue weighted by atomic mass is 10.1. The first-order valence-corrected chi connectivity index (χ1v) is 8.02. The van der Waals surface area contributed by atoms with Crippen LogP contribution in [0.25, 0.3) is 0 Å². The summed E-state index contributed by atoms with van der Waals surface area (Å²) in [5.74, 6) is 6.25. The van der Waals surface area contributed by atoms with E-state index in [0.29, 0.717) is 19.7 Å². The number of amides is 1. The molecular formula is C18H22N4O2. The molecule has 0 bridgehead atoms. The Balaban J connectivity index is 1.51. The van der Waals surface area contributed by atoms with Crippen molar-refractivity contribution in [3.63, 3.8) is 0 Å². The van der Waals surface area contributed by atoms with Crippen LogP contribution in [0.4, 0.5) is 0 Å². The van der Waals surface area contributed by atoms with Crippen LogP contribution in [0, 0.1) is 0 Å². The lowest BCUT2D eigenvalue weighted by Crippen LogP contribution is -2.48. The number of hydrogen-bond donors (Lipinski definition) is 3. The van der Waals surface area contributed by atoms with Crippen LogP contribution < -0.4 is 21.4 Å². The predicted molar refractivity (Wildman–Crippen MR) is 91.7 cm³/mol. The normalized spacial score (nSPS) is 17.7. The molecular weight excluding hydrogens is 304 g/mol. The van der Waals surface area contributed by atoms with Crippen LogP contribution in [0.2, 0.25) is 0 Å². The Morgan fingerprint density at radius 3 is 2.58 bits per heavy atom. The minimum Gasteiger partial charge on any atom is -0.493 e. The average molecular weight is 326 g/mol. The number of ether oxygens (including phenoxy) is 1. The standard InChI is InChI=1S/C18H22N4O2/c19-21-22-13-20-18(23)17(22)12-15-6-8-16(9-7-15)24-11-10-14-4-2-1-3-5-14/h1-9,17,21H,10-13,19H2,(H,20,23). The number of nitrogens with one attached hydrogen (secondary N) is 2. The van der Waals surface area contributed by atoms with Gasteiger partial charge in [-0.1, -0.05) is 42.5 Å². The first-order valence-electron chi connectivity index (χ1n) is 8.02. The summed E-state index contributed by atoms with van der Waals surface area (Å²) in [5.41, 5.74) is 4.87. The van der Waals surface area contributed by atoms with Gasteiger partial charge in [-0.3, -0.25) is 10.6 Å². The van der Waals surface area contributed by atoms with Gasteiger partial charge in [-0.15, -0.1) is 0 Å². The molecule has 0 spiro atoms. The maximum atomic E-state index is 11.8. The number of nitrogens with zero attached hydrogens (tertiary/aromatic N) is 1. The van der Waals surface area contributed by atoms with Crippen LogP contribution in [0.15, 0.2) is 54.6 Å². The van der Waals surface area contributed by atoms with Crippen molar-refractivity contribution < 1.29 is 9.53 Å². The van der Waals surface area contributed by atoms with Gasteiger partial charge in [0.2, 0.25) is 5.91 Å². The van der Waals surface area contributed by atoms with Crippen molar-refractivity contribution in [2.75, 3.05) is 13.3 Å². The van der Waals surface area contributed by atoms with Crippen molar-refractivity contribution in [3.05, 3.63) is 65.7 Å². The van der Waals surface area contributed by atoms with Crippen molar-refractivity contribution in [2.24, 2.45) is 5.84 Å². The molecule has 3 rings (SSSR count). The maximum absolute atomic E-state index is 11.8. The van der Waals surface area contributed by atoms with Crippen molar-refractivity contribution >= 4 is 5.91 Å². The average Bonchev–Trinajstić information content (AvgIpc) is 2.97. The molecule has 2 aromatic carbocycles. The SMILES string of the molecule is NNN1CNC(=O)C1Cc1ccc(OCCc2ccccc2)cc1. The molecule has 2 aromatic rings. The van der Waals surface area contributed by atoms with Crippen LogP contribution in [0.1, 0.15) is 11.1 Å². The summed E-state index contributed by atoms with van der Waals surface area (Å²) >= 11 is 0. The third-order valence-corrected chi connectivity index (χ3v) is 4.12. The van der Waals surface area contributed by atoms with E-state index >= 15 is 0 Å². The van der Waals surface area contributed by atoms with E-state index in [9.17, 15) is 4.79 Å². The van der Waals surface area contributed by atoms with Gasteiger partial charge in [0.15, 0.2) is 0 Å². The fraction of sp³-hybridized carbons (Fsp3) is 0.278. The molecule has 1 atom stereocenters. The van der Waals surface area contributed by atoms with Gasteiger partial charge in [-0.05, 0) is 29.7 Å². The molecule has 0 saturated carbocycles. The first kappa shape index (κ1) is 16.4. The van der Waals surface area contributed by atoms with Crippen molar-refractivity contribution in [3.8, 4) is 5.75 Å². The van der Waals surface area contributed by atoms with Crippen molar-refractivity contribution in [1.82, 2.24) is 15.9 Å². The zero-order chi connectivity index (χ0) is 16.8. The zero-order valence-corrected chi connectivity index (χ0v) is 13.4. The van der Waals surface area contributed by atoms with E-state index in [2.05, 4.69) is 23.0 Å². The quantitative estimate of drug-likeness (QED) is 0.522. The van der Waals surface area contributed by atoms with Gasteiger partial charge in [0.05, 0.1) is 13.3 Å². The molecule has 1 unspecified atom stereocenters. The van der Waals surface area contributed by atoms with E-state index in [1.807, 2.05) is 42.5 Å². The van der Waals surface area contributed by atoms with Crippen LogP contribution >= 0.6 is 0 Å². The minimum atomic E-state index is -0.292. The second-order valence-corrected chi connectivity index (χ2v) is 5.75. The highest BCUT2D eigenvalue weighted by molar-refractivity contribution is 5.83. The molecule has 126 valence electrons. The molecule has 1 aliphatic rings. The van der Waals surface area contributed by atoms with Crippen molar-refractivity contribution in [2.45, 2.75) is 18.9 Å². The molecule has 1 fully saturated rings. The van der Waals surface area contributed by atoms with Crippen LogP contribution in [0.5, 0.6) is 5.75 Å². The number of benzene rings is 2. The molecule has 0 radical (unpaired) electrons. The summed E-state index contributed by atoms with van der Waals surface area (Å²) in [4.78, 5) is 11.8. The van der Waals surface area contributed by atoms with Gasteiger partial charge in [-0.25, -0.2) is 0 Å². The summed E-state index contributed by atoms with van der Waals surface area (Å²) in [6.07, 6.45) is 1.47. The second kappa shape index (κ2) is 7.92. The Morgan fingerprint density at radius 2 is 1.88 bits per heavy atom. The van der Waals surface area contributed by atoms with Crippen LogP contribution in [0.3, 0.4) is 0 Å². The van der Waals surface area contributed by atoms with Gasteiger partial charge in [-0.2, -0.15) is 10.5 Å². The van der Waals surface area contributed by atoms with Gasteiger partial charge >= 0.3 is 0 Å². The molecule has 1 heterocycles. The Hall–Kier alpha value is -2.41. The monoisotopic (exact) mass is 326 g/mol. The van der Waals surface area contributed by atoms with Gasteiger partial charge in [0.25, 0.3) is 0 Å². The molecule has 1 saturated heterocycles. The fourth-order valence-electron chi connectivity index (χ4n) is 2.75. The van der Waals surface area contributed by atoms with Gasteiger partial charge in [0, 0.05) is 6.42 Å². The summed E-state index contributed by atoms with van der Waals surface area (Å²) in [6, 6.07) is 17.8.